The van der Waals surface area contributed by atoms with Gasteiger partial charge in [0.1, 0.15) is 23.7 Å². The zero-order valence-electron chi connectivity index (χ0n) is 20.0. The van der Waals surface area contributed by atoms with Crippen LogP contribution in [0, 0.1) is 17.8 Å². The minimum Gasteiger partial charge on any atom is -0.462 e. The third kappa shape index (κ3) is 5.19. The minimum atomic E-state index is -0.884. The molecule has 34 heavy (non-hydrogen) atoms. The lowest BCUT2D eigenvalue weighted by molar-refractivity contribution is -0.134. The first-order valence-electron chi connectivity index (χ1n) is 11.9. The van der Waals surface area contributed by atoms with E-state index < -0.39 is 5.54 Å². The number of carbonyl (C=O) groups is 2. The zero-order valence-corrected chi connectivity index (χ0v) is 20.0. The molecule has 1 atom stereocenters. The Bertz CT molecular complexity index is 1050. The number of imide groups is 1. The number of methoxy groups -OCH3 is 1. The van der Waals surface area contributed by atoms with E-state index in [1.165, 1.54) is 4.90 Å². The predicted octanol–water partition coefficient (Wildman–Crippen LogP) is 3.58. The lowest BCUT2D eigenvalue weighted by Crippen LogP contribution is -2.56. The third-order valence-corrected chi connectivity index (χ3v) is 6.93. The van der Waals surface area contributed by atoms with Crippen molar-refractivity contribution < 1.29 is 18.7 Å². The first-order chi connectivity index (χ1) is 16.6. The fourth-order valence-electron chi connectivity index (χ4n) is 5.11. The SMILES string of the molecule is CC#CCN1C(=O)NC(CCc2ccccc2)(C2CCN(Cc3ccc(COC)o3)CC2)C1=O. The molecule has 1 aromatic heterocycles. The lowest BCUT2D eigenvalue weighted by atomic mass is 9.74. The Morgan fingerprint density at radius 1 is 1.12 bits per heavy atom. The monoisotopic (exact) mass is 463 g/mol. The summed E-state index contributed by atoms with van der Waals surface area (Å²) in [6.07, 6.45) is 2.98. The van der Waals surface area contributed by atoms with E-state index >= 15 is 0 Å². The Morgan fingerprint density at radius 2 is 1.85 bits per heavy atom. The molecule has 2 aromatic rings. The van der Waals surface area contributed by atoms with E-state index in [0.717, 1.165) is 56.0 Å². The minimum absolute atomic E-state index is 0.0733. The van der Waals surface area contributed by atoms with Gasteiger partial charge in [-0.15, -0.1) is 5.92 Å². The number of hydrogen-bond donors (Lipinski definition) is 1. The number of carbonyl (C=O) groups excluding carboxylic acids is 2. The highest BCUT2D eigenvalue weighted by Gasteiger charge is 2.55. The number of benzene rings is 1. The van der Waals surface area contributed by atoms with E-state index in [4.69, 9.17) is 9.15 Å². The van der Waals surface area contributed by atoms with Gasteiger partial charge in [-0.3, -0.25) is 14.6 Å². The van der Waals surface area contributed by atoms with E-state index in [9.17, 15) is 9.59 Å². The molecule has 4 rings (SSSR count). The first kappa shape index (κ1) is 24.1. The smallest absolute Gasteiger partial charge is 0.325 e. The fraction of sp³-hybridized carbons (Fsp3) is 0.481. The van der Waals surface area contributed by atoms with Gasteiger partial charge in [0.25, 0.3) is 5.91 Å². The van der Waals surface area contributed by atoms with Crippen LogP contribution in [0.15, 0.2) is 46.9 Å². The van der Waals surface area contributed by atoms with Crippen molar-refractivity contribution in [3.63, 3.8) is 0 Å². The Morgan fingerprint density at radius 3 is 2.56 bits per heavy atom. The second-order valence-corrected chi connectivity index (χ2v) is 9.06. The van der Waals surface area contributed by atoms with Gasteiger partial charge in [0.2, 0.25) is 0 Å². The summed E-state index contributed by atoms with van der Waals surface area (Å²) in [6.45, 7) is 4.73. The molecule has 2 fully saturated rings. The quantitative estimate of drug-likeness (QED) is 0.454. The molecule has 2 aliphatic heterocycles. The second-order valence-electron chi connectivity index (χ2n) is 9.06. The Hall–Kier alpha value is -3.08. The summed E-state index contributed by atoms with van der Waals surface area (Å²) < 4.78 is 11.0. The van der Waals surface area contributed by atoms with Crippen molar-refractivity contribution in [2.24, 2.45) is 5.92 Å². The van der Waals surface area contributed by atoms with Crippen molar-refractivity contribution >= 4 is 11.9 Å². The third-order valence-electron chi connectivity index (χ3n) is 6.93. The molecule has 0 bridgehead atoms. The van der Waals surface area contributed by atoms with Crippen molar-refractivity contribution in [2.45, 2.75) is 51.3 Å². The highest BCUT2D eigenvalue weighted by Crippen LogP contribution is 2.37. The van der Waals surface area contributed by atoms with Crippen LogP contribution >= 0.6 is 0 Å². The number of hydrogen-bond acceptors (Lipinski definition) is 5. The van der Waals surface area contributed by atoms with Crippen LogP contribution in [0.1, 0.15) is 43.3 Å². The van der Waals surface area contributed by atoms with Crippen LogP contribution in [-0.4, -0.2) is 54.0 Å². The van der Waals surface area contributed by atoms with Crippen LogP contribution in [0.3, 0.4) is 0 Å². The van der Waals surface area contributed by atoms with Gasteiger partial charge in [-0.2, -0.15) is 0 Å². The Labute approximate surface area is 201 Å². The van der Waals surface area contributed by atoms with Crippen LogP contribution in [0.2, 0.25) is 0 Å². The molecule has 1 aromatic carbocycles. The number of nitrogens with zero attached hydrogens (tertiary/aromatic N) is 2. The Kier molecular flexibility index (Phi) is 7.71. The maximum Gasteiger partial charge on any atom is 0.325 e. The summed E-state index contributed by atoms with van der Waals surface area (Å²) in [4.78, 5) is 30.1. The van der Waals surface area contributed by atoms with Gasteiger partial charge in [0.15, 0.2) is 0 Å². The number of nitrogens with one attached hydrogen (secondary N) is 1. The molecule has 2 aliphatic rings. The van der Waals surface area contributed by atoms with Crippen molar-refractivity contribution in [1.82, 2.24) is 15.1 Å². The molecule has 180 valence electrons. The topological polar surface area (TPSA) is 75.0 Å². The standard InChI is InChI=1S/C27H33N3O4/c1-3-4-16-30-25(31)27(28-26(30)32,15-12-21-8-6-5-7-9-21)22-13-17-29(18-14-22)19-23-10-11-24(34-23)20-33-2/h5-11,22H,12-20H2,1-2H3,(H,28,32). The van der Waals surface area contributed by atoms with Gasteiger partial charge in [-0.25, -0.2) is 4.79 Å². The molecule has 2 saturated heterocycles. The van der Waals surface area contributed by atoms with E-state index in [2.05, 4.69) is 34.2 Å². The van der Waals surface area contributed by atoms with Crippen LogP contribution in [0.25, 0.3) is 0 Å². The molecular formula is C27H33N3O4. The van der Waals surface area contributed by atoms with E-state index in [0.29, 0.717) is 13.0 Å². The summed E-state index contributed by atoms with van der Waals surface area (Å²) in [5, 5.41) is 3.12. The molecule has 0 radical (unpaired) electrons. The molecular weight excluding hydrogens is 430 g/mol. The average Bonchev–Trinajstić information content (AvgIpc) is 3.39. The Balaban J connectivity index is 1.46. The molecule has 0 saturated carbocycles. The van der Waals surface area contributed by atoms with Gasteiger partial charge < -0.3 is 14.5 Å². The van der Waals surface area contributed by atoms with Gasteiger partial charge in [-0.05, 0) is 69.3 Å². The molecule has 0 aliphatic carbocycles. The highest BCUT2D eigenvalue weighted by atomic mass is 16.5. The lowest BCUT2D eigenvalue weighted by Gasteiger charge is -2.40. The average molecular weight is 464 g/mol. The molecule has 1 N–H and O–H groups in total. The van der Waals surface area contributed by atoms with E-state index in [1.807, 2.05) is 30.3 Å². The summed E-state index contributed by atoms with van der Waals surface area (Å²) in [6, 6.07) is 13.7. The van der Waals surface area contributed by atoms with Crippen LogP contribution in [0.4, 0.5) is 4.79 Å². The molecule has 3 heterocycles. The van der Waals surface area contributed by atoms with Crippen molar-refractivity contribution in [3.05, 3.63) is 59.5 Å². The van der Waals surface area contributed by atoms with Crippen LogP contribution in [-0.2, 0) is 29.1 Å². The van der Waals surface area contributed by atoms with Gasteiger partial charge in [0, 0.05) is 7.11 Å². The summed E-state index contributed by atoms with van der Waals surface area (Å²) in [5.74, 6) is 7.34. The maximum atomic E-state index is 13.6. The second kappa shape index (κ2) is 10.9. The number of amides is 3. The van der Waals surface area contributed by atoms with Crippen LogP contribution < -0.4 is 5.32 Å². The maximum absolute atomic E-state index is 13.6. The van der Waals surface area contributed by atoms with Gasteiger partial charge in [0.05, 0.1) is 13.1 Å². The summed E-state index contributed by atoms with van der Waals surface area (Å²) in [5.41, 5.74) is 0.280. The summed E-state index contributed by atoms with van der Waals surface area (Å²) in [7, 11) is 1.65. The first-order valence-corrected chi connectivity index (χ1v) is 11.9. The van der Waals surface area contributed by atoms with Gasteiger partial charge in [-0.1, -0.05) is 36.3 Å². The number of likely N-dealkylation sites (tertiary alicyclic amines) is 1. The number of rotatable bonds is 9. The molecule has 7 nitrogen and oxygen atoms in total. The fourth-order valence-corrected chi connectivity index (χ4v) is 5.11. The molecule has 7 heteroatoms. The highest BCUT2D eigenvalue weighted by molar-refractivity contribution is 6.07. The largest absolute Gasteiger partial charge is 0.462 e. The zero-order chi connectivity index (χ0) is 24.0. The van der Waals surface area contributed by atoms with Crippen molar-refractivity contribution in [3.8, 4) is 11.8 Å². The summed E-state index contributed by atoms with van der Waals surface area (Å²) >= 11 is 0. The number of aryl methyl sites for hydroxylation is 1. The number of piperidine rings is 1. The van der Waals surface area contributed by atoms with E-state index in [-0.39, 0.29) is 24.4 Å². The molecule has 3 amide bonds. The van der Waals surface area contributed by atoms with Gasteiger partial charge >= 0.3 is 6.03 Å². The number of furan rings is 1. The van der Waals surface area contributed by atoms with E-state index in [1.54, 1.807) is 14.0 Å². The van der Waals surface area contributed by atoms with Crippen molar-refractivity contribution in [1.29, 1.82) is 0 Å². The molecule has 0 spiro atoms. The number of ether oxygens (including phenoxy) is 1. The van der Waals surface area contributed by atoms with Crippen molar-refractivity contribution in [2.75, 3.05) is 26.7 Å². The number of urea groups is 1. The predicted molar refractivity (Wildman–Crippen MR) is 129 cm³/mol. The molecule has 1 unspecified atom stereocenters. The van der Waals surface area contributed by atoms with Crippen LogP contribution in [0.5, 0.6) is 0 Å². The normalized spacial score (nSPS) is 21.4.